The van der Waals surface area contributed by atoms with Crippen molar-refractivity contribution in [1.29, 1.82) is 0 Å². The molecule has 0 fully saturated rings. The molecule has 0 aliphatic rings. The highest BCUT2D eigenvalue weighted by Gasteiger charge is 2.10. The van der Waals surface area contributed by atoms with E-state index in [0.29, 0.717) is 43.3 Å². The van der Waals surface area contributed by atoms with Gasteiger partial charge in [0.1, 0.15) is 0 Å². The number of fused-ring (bicyclic) bond motifs is 1. The van der Waals surface area contributed by atoms with Crippen LogP contribution in [0.25, 0.3) is 10.9 Å². The van der Waals surface area contributed by atoms with Gasteiger partial charge >= 0.3 is 0 Å². The number of hydrogen-bond donors (Lipinski definition) is 3. The zero-order valence-electron chi connectivity index (χ0n) is 17.6. The fourth-order valence-electron chi connectivity index (χ4n) is 3.51. The molecule has 0 aliphatic carbocycles. The molecule has 0 amide bonds. The van der Waals surface area contributed by atoms with Crippen molar-refractivity contribution in [1.82, 2.24) is 25.1 Å². The summed E-state index contributed by atoms with van der Waals surface area (Å²) in [7, 11) is 0. The van der Waals surface area contributed by atoms with Crippen LogP contribution in [-0.2, 0) is 19.5 Å². The Morgan fingerprint density at radius 1 is 1.25 bits per heavy atom. The summed E-state index contributed by atoms with van der Waals surface area (Å²) in [5, 5.41) is 27.1. The van der Waals surface area contributed by atoms with Gasteiger partial charge in [0.2, 0.25) is 0 Å². The molecule has 0 saturated carbocycles. The minimum Gasteiger partial charge on any atom is -0.619 e. The molecule has 166 valence electrons. The van der Waals surface area contributed by atoms with E-state index < -0.39 is 0 Å². The summed E-state index contributed by atoms with van der Waals surface area (Å²) >= 11 is 6.09. The zero-order valence-corrected chi connectivity index (χ0v) is 18.4. The molecule has 4 aromatic rings. The predicted octanol–water partition coefficient (Wildman–Crippen LogP) is 2.16. The third-order valence-corrected chi connectivity index (χ3v) is 5.48. The highest BCUT2D eigenvalue weighted by atomic mass is 35.5. The number of aryl methyl sites for hydroxylation is 1. The van der Waals surface area contributed by atoms with Crippen molar-refractivity contribution in [2.24, 2.45) is 0 Å². The Bertz CT molecular complexity index is 1290. The van der Waals surface area contributed by atoms with Crippen LogP contribution in [0, 0.1) is 12.1 Å². The first-order valence-corrected chi connectivity index (χ1v) is 10.7. The van der Waals surface area contributed by atoms with Gasteiger partial charge in [-0.05, 0) is 25.1 Å². The van der Waals surface area contributed by atoms with E-state index in [1.54, 1.807) is 22.9 Å². The summed E-state index contributed by atoms with van der Waals surface area (Å²) in [6.45, 7) is 3.95. The summed E-state index contributed by atoms with van der Waals surface area (Å²) < 4.78 is 2.51. The lowest BCUT2D eigenvalue weighted by molar-refractivity contribution is -0.613. The van der Waals surface area contributed by atoms with Gasteiger partial charge in [0.15, 0.2) is 17.7 Å². The van der Waals surface area contributed by atoms with E-state index in [1.807, 2.05) is 31.2 Å². The molecular formula is C22H24ClN7O2. The summed E-state index contributed by atoms with van der Waals surface area (Å²) in [4.78, 5) is 17.1. The third kappa shape index (κ3) is 4.90. The van der Waals surface area contributed by atoms with E-state index in [4.69, 9.17) is 11.6 Å². The third-order valence-electron chi connectivity index (χ3n) is 5.24. The number of nitrogens with zero attached hydrogens (tertiary/aromatic N) is 4. The van der Waals surface area contributed by atoms with Gasteiger partial charge in [-0.3, -0.25) is 9.89 Å². The van der Waals surface area contributed by atoms with E-state index in [-0.39, 0.29) is 11.4 Å². The van der Waals surface area contributed by atoms with Gasteiger partial charge in [0.25, 0.3) is 5.56 Å². The molecule has 1 aromatic carbocycles. The lowest BCUT2D eigenvalue weighted by atomic mass is 10.2. The van der Waals surface area contributed by atoms with Crippen LogP contribution in [0.5, 0.6) is 0 Å². The first-order chi connectivity index (χ1) is 15.5. The van der Waals surface area contributed by atoms with Gasteiger partial charge in [-0.2, -0.15) is 9.83 Å². The normalized spacial score (nSPS) is 11.2. The molecule has 9 nitrogen and oxygen atoms in total. The second-order valence-electron chi connectivity index (χ2n) is 7.44. The number of pyridine rings is 1. The topological polar surface area (TPSA) is 115 Å². The standard InChI is InChI=1S/C22H24ClN7O2/c1-15-13-26-21(25-8-7-17-4-2-3-10-30(17)32)22(31)29(15)11-9-24-14-20-18-12-16(23)5-6-19(18)27-28-20/h2-6,10,12-13,24H,7-9,11,14H2,1H3,(H,25,26)(H,27,28). The van der Waals surface area contributed by atoms with Crippen LogP contribution in [0.1, 0.15) is 17.1 Å². The number of halogens is 1. The van der Waals surface area contributed by atoms with Crippen LogP contribution in [0.4, 0.5) is 5.82 Å². The Morgan fingerprint density at radius 3 is 2.97 bits per heavy atom. The molecule has 4 rings (SSSR count). The van der Waals surface area contributed by atoms with E-state index in [9.17, 15) is 10.0 Å². The molecule has 10 heteroatoms. The van der Waals surface area contributed by atoms with E-state index in [2.05, 4.69) is 25.8 Å². The molecule has 0 unspecified atom stereocenters. The number of H-pyrrole nitrogens is 1. The van der Waals surface area contributed by atoms with Crippen molar-refractivity contribution in [2.75, 3.05) is 18.4 Å². The van der Waals surface area contributed by atoms with Gasteiger partial charge in [-0.15, -0.1) is 0 Å². The fourth-order valence-corrected chi connectivity index (χ4v) is 3.68. The highest BCUT2D eigenvalue weighted by molar-refractivity contribution is 6.31. The Kier molecular flexibility index (Phi) is 6.67. The zero-order chi connectivity index (χ0) is 22.5. The molecule has 0 aliphatic heterocycles. The second kappa shape index (κ2) is 9.80. The monoisotopic (exact) mass is 453 g/mol. The number of hydrogen-bond acceptors (Lipinski definition) is 6. The minimum absolute atomic E-state index is 0.186. The van der Waals surface area contributed by atoms with Crippen molar-refractivity contribution in [2.45, 2.75) is 26.4 Å². The molecule has 0 radical (unpaired) electrons. The second-order valence-corrected chi connectivity index (χ2v) is 7.88. The first kappa shape index (κ1) is 21.8. The maximum atomic E-state index is 12.8. The minimum atomic E-state index is -0.186. The van der Waals surface area contributed by atoms with E-state index in [1.165, 1.54) is 6.20 Å². The summed E-state index contributed by atoms with van der Waals surface area (Å²) in [6.07, 6.45) is 3.62. The van der Waals surface area contributed by atoms with Crippen molar-refractivity contribution < 1.29 is 4.73 Å². The van der Waals surface area contributed by atoms with Crippen LogP contribution in [0.15, 0.2) is 53.6 Å². The van der Waals surface area contributed by atoms with Crippen LogP contribution in [-0.4, -0.2) is 32.8 Å². The number of nitrogens with one attached hydrogen (secondary N) is 3. The Balaban J connectivity index is 1.34. The molecular weight excluding hydrogens is 430 g/mol. The van der Waals surface area contributed by atoms with Crippen LogP contribution in [0.2, 0.25) is 5.02 Å². The number of rotatable bonds is 9. The molecule has 3 heterocycles. The summed E-state index contributed by atoms with van der Waals surface area (Å²) in [5.41, 5.74) is 3.03. The number of aromatic nitrogens is 5. The number of aromatic amines is 1. The first-order valence-electron chi connectivity index (χ1n) is 10.3. The molecule has 0 spiro atoms. The number of benzene rings is 1. The van der Waals surface area contributed by atoms with Gasteiger partial charge in [-0.25, -0.2) is 4.98 Å². The van der Waals surface area contributed by atoms with Gasteiger partial charge in [-0.1, -0.05) is 17.7 Å². The van der Waals surface area contributed by atoms with E-state index in [0.717, 1.165) is 27.0 Å². The number of anilines is 1. The van der Waals surface area contributed by atoms with Crippen molar-refractivity contribution in [3.05, 3.63) is 86.5 Å². The average molecular weight is 454 g/mol. The molecule has 0 saturated heterocycles. The van der Waals surface area contributed by atoms with Gasteiger partial charge in [0.05, 0.1) is 17.6 Å². The van der Waals surface area contributed by atoms with Crippen molar-refractivity contribution >= 4 is 28.3 Å². The summed E-state index contributed by atoms with van der Waals surface area (Å²) in [5.74, 6) is 0.276. The van der Waals surface area contributed by atoms with Gasteiger partial charge in [0, 0.05) is 60.6 Å². The molecule has 0 atom stereocenters. The van der Waals surface area contributed by atoms with Gasteiger partial charge < -0.3 is 20.4 Å². The SMILES string of the molecule is Cc1cnc(NCCc2cccc[n+]2[O-])c(=O)n1CCNCc1[nH]nc2ccc(Cl)cc12. The van der Waals surface area contributed by atoms with Crippen LogP contribution in [0.3, 0.4) is 0 Å². The highest BCUT2D eigenvalue weighted by Crippen LogP contribution is 2.20. The Labute approximate surface area is 189 Å². The Hall–Kier alpha value is -3.43. The fraction of sp³-hybridized carbons (Fsp3) is 0.273. The van der Waals surface area contributed by atoms with Crippen LogP contribution >= 0.6 is 11.6 Å². The smallest absolute Gasteiger partial charge is 0.293 e. The molecule has 3 aromatic heterocycles. The maximum Gasteiger partial charge on any atom is 0.293 e. The van der Waals surface area contributed by atoms with Crippen LogP contribution < -0.4 is 20.9 Å². The average Bonchev–Trinajstić information content (AvgIpc) is 3.18. The lowest BCUT2D eigenvalue weighted by Crippen LogP contribution is -2.33. The lowest BCUT2D eigenvalue weighted by Gasteiger charge is -2.13. The Morgan fingerprint density at radius 2 is 2.12 bits per heavy atom. The van der Waals surface area contributed by atoms with Crippen molar-refractivity contribution in [3.63, 3.8) is 0 Å². The predicted molar refractivity (Wildman–Crippen MR) is 124 cm³/mol. The van der Waals surface area contributed by atoms with E-state index >= 15 is 0 Å². The maximum absolute atomic E-state index is 12.8. The molecule has 0 bridgehead atoms. The largest absolute Gasteiger partial charge is 0.619 e. The summed E-state index contributed by atoms with van der Waals surface area (Å²) in [6, 6.07) is 10.8. The van der Waals surface area contributed by atoms with Crippen molar-refractivity contribution in [3.8, 4) is 0 Å². The molecule has 32 heavy (non-hydrogen) atoms. The quantitative estimate of drug-likeness (QED) is 0.203. The molecule has 3 N–H and O–H groups in total.